The fourth-order valence-corrected chi connectivity index (χ4v) is 1.36. The molecule has 1 aromatic rings. The number of aryl methyl sites for hydroxylation is 2. The van der Waals surface area contributed by atoms with Crippen LogP contribution in [0.25, 0.3) is 0 Å². The number of rotatable bonds is 3. The molecule has 0 saturated heterocycles. The van der Waals surface area contributed by atoms with E-state index < -0.39 is 0 Å². The number of nitrogens with zero attached hydrogens (tertiary/aromatic N) is 3. The van der Waals surface area contributed by atoms with Crippen molar-refractivity contribution in [2.75, 3.05) is 25.9 Å². The molecule has 0 aromatic carbocycles. The highest BCUT2D eigenvalue weighted by Crippen LogP contribution is 2.16. The predicted octanol–water partition coefficient (Wildman–Crippen LogP) is -0.625. The first kappa shape index (κ1) is 11.5. The van der Waals surface area contributed by atoms with Crippen LogP contribution in [0.2, 0.25) is 0 Å². The molecular weight excluding hydrogens is 196 g/mol. The Balaban J connectivity index is 3.00. The largest absolute Gasteiger partial charge is 0.395 e. The summed E-state index contributed by atoms with van der Waals surface area (Å²) in [6.07, 6.45) is 0. The van der Waals surface area contributed by atoms with Crippen molar-refractivity contribution >= 4 is 11.6 Å². The molecule has 0 aliphatic carbocycles. The number of carbonyl (C=O) groups is 1. The van der Waals surface area contributed by atoms with Crippen LogP contribution >= 0.6 is 0 Å². The van der Waals surface area contributed by atoms with Crippen molar-refractivity contribution in [1.82, 2.24) is 14.7 Å². The van der Waals surface area contributed by atoms with Crippen molar-refractivity contribution in [3.8, 4) is 0 Å². The van der Waals surface area contributed by atoms with Crippen LogP contribution in [0.3, 0.4) is 0 Å². The van der Waals surface area contributed by atoms with Gasteiger partial charge in [0, 0.05) is 20.6 Å². The van der Waals surface area contributed by atoms with Crippen LogP contribution in [0.1, 0.15) is 16.2 Å². The van der Waals surface area contributed by atoms with Crippen LogP contribution in [0.15, 0.2) is 0 Å². The van der Waals surface area contributed by atoms with Crippen molar-refractivity contribution < 1.29 is 9.90 Å². The van der Waals surface area contributed by atoms with Crippen LogP contribution in [-0.2, 0) is 7.05 Å². The van der Waals surface area contributed by atoms with Crippen LogP contribution in [0.5, 0.6) is 0 Å². The summed E-state index contributed by atoms with van der Waals surface area (Å²) in [6, 6.07) is 0. The van der Waals surface area contributed by atoms with E-state index in [2.05, 4.69) is 5.10 Å². The molecule has 3 N–H and O–H groups in total. The number of hydrogen-bond donors (Lipinski definition) is 2. The molecule has 6 heteroatoms. The van der Waals surface area contributed by atoms with Crippen molar-refractivity contribution in [1.29, 1.82) is 0 Å². The molecular formula is C9H16N4O2. The number of nitrogen functional groups attached to an aromatic ring is 1. The SMILES string of the molecule is Cc1nn(C)c(C(=O)N(C)CCO)c1N. The lowest BCUT2D eigenvalue weighted by Crippen LogP contribution is -2.31. The van der Waals surface area contributed by atoms with E-state index in [1.54, 1.807) is 21.0 Å². The number of aliphatic hydroxyl groups excluding tert-OH is 1. The molecule has 0 bridgehead atoms. The third kappa shape index (κ3) is 2.10. The number of hydrogen-bond acceptors (Lipinski definition) is 4. The molecule has 84 valence electrons. The van der Waals surface area contributed by atoms with Crippen LogP contribution in [0, 0.1) is 6.92 Å². The molecule has 0 spiro atoms. The Labute approximate surface area is 88.3 Å². The smallest absolute Gasteiger partial charge is 0.274 e. The summed E-state index contributed by atoms with van der Waals surface area (Å²) in [7, 11) is 3.28. The quantitative estimate of drug-likeness (QED) is 0.699. The van der Waals surface area contributed by atoms with Gasteiger partial charge in [-0.15, -0.1) is 0 Å². The first-order valence-electron chi connectivity index (χ1n) is 4.64. The highest BCUT2D eigenvalue weighted by Gasteiger charge is 2.20. The Bertz CT molecular complexity index is 372. The van der Waals surface area contributed by atoms with Gasteiger partial charge >= 0.3 is 0 Å². The van der Waals surface area contributed by atoms with Gasteiger partial charge in [-0.2, -0.15) is 5.10 Å². The van der Waals surface area contributed by atoms with Crippen molar-refractivity contribution in [2.45, 2.75) is 6.92 Å². The van der Waals surface area contributed by atoms with Gasteiger partial charge in [-0.1, -0.05) is 0 Å². The zero-order valence-electron chi connectivity index (χ0n) is 9.19. The summed E-state index contributed by atoms with van der Waals surface area (Å²) >= 11 is 0. The molecule has 0 aliphatic rings. The van der Waals surface area contributed by atoms with Gasteiger partial charge < -0.3 is 15.7 Å². The van der Waals surface area contributed by atoms with E-state index in [0.717, 1.165) is 0 Å². The number of aliphatic hydroxyl groups is 1. The number of anilines is 1. The molecule has 0 radical (unpaired) electrons. The van der Waals surface area contributed by atoms with E-state index in [4.69, 9.17) is 10.8 Å². The highest BCUT2D eigenvalue weighted by atomic mass is 16.3. The molecule has 1 rings (SSSR count). The van der Waals surface area contributed by atoms with Gasteiger partial charge in [0.05, 0.1) is 18.0 Å². The van der Waals surface area contributed by atoms with Crippen LogP contribution in [0.4, 0.5) is 5.69 Å². The monoisotopic (exact) mass is 212 g/mol. The Hall–Kier alpha value is -1.56. The number of amides is 1. The van der Waals surface area contributed by atoms with Gasteiger partial charge in [-0.25, -0.2) is 0 Å². The Morgan fingerprint density at radius 1 is 1.67 bits per heavy atom. The van der Waals surface area contributed by atoms with Gasteiger partial charge in [-0.3, -0.25) is 9.48 Å². The summed E-state index contributed by atoms with van der Waals surface area (Å²) in [5.74, 6) is -0.232. The molecule has 0 aliphatic heterocycles. The highest BCUT2D eigenvalue weighted by molar-refractivity contribution is 5.97. The fourth-order valence-electron chi connectivity index (χ4n) is 1.36. The maximum absolute atomic E-state index is 11.9. The summed E-state index contributed by atoms with van der Waals surface area (Å²) in [5, 5.41) is 12.8. The summed E-state index contributed by atoms with van der Waals surface area (Å²) < 4.78 is 1.46. The minimum absolute atomic E-state index is 0.0705. The lowest BCUT2D eigenvalue weighted by atomic mass is 10.3. The van der Waals surface area contributed by atoms with E-state index in [1.807, 2.05) is 0 Å². The van der Waals surface area contributed by atoms with Gasteiger partial charge in [0.1, 0.15) is 5.69 Å². The second kappa shape index (κ2) is 4.31. The first-order valence-corrected chi connectivity index (χ1v) is 4.64. The molecule has 1 amide bonds. The molecule has 6 nitrogen and oxygen atoms in total. The molecule has 1 aromatic heterocycles. The Kier molecular flexibility index (Phi) is 3.31. The number of likely N-dealkylation sites (N-methyl/N-ethyl adjacent to an activating group) is 1. The Morgan fingerprint density at radius 2 is 2.27 bits per heavy atom. The lowest BCUT2D eigenvalue weighted by Gasteiger charge is -2.15. The minimum Gasteiger partial charge on any atom is -0.395 e. The summed E-state index contributed by atoms with van der Waals surface area (Å²) in [5.41, 5.74) is 7.14. The number of carbonyl (C=O) groups excluding carboxylic acids is 1. The number of nitrogens with two attached hydrogens (primary N) is 1. The zero-order valence-corrected chi connectivity index (χ0v) is 9.19. The average molecular weight is 212 g/mol. The normalized spacial score (nSPS) is 10.4. The van der Waals surface area contributed by atoms with E-state index in [0.29, 0.717) is 17.1 Å². The van der Waals surface area contributed by atoms with Gasteiger partial charge in [0.15, 0.2) is 0 Å². The van der Waals surface area contributed by atoms with E-state index in [1.165, 1.54) is 9.58 Å². The third-order valence-electron chi connectivity index (χ3n) is 2.25. The third-order valence-corrected chi connectivity index (χ3v) is 2.25. The van der Waals surface area contributed by atoms with E-state index in [-0.39, 0.29) is 19.1 Å². The Morgan fingerprint density at radius 3 is 2.67 bits per heavy atom. The maximum atomic E-state index is 11.9. The maximum Gasteiger partial charge on any atom is 0.274 e. The molecule has 15 heavy (non-hydrogen) atoms. The van der Waals surface area contributed by atoms with Crippen molar-refractivity contribution in [2.24, 2.45) is 7.05 Å². The molecule has 0 saturated carbocycles. The zero-order chi connectivity index (χ0) is 11.6. The molecule has 1 heterocycles. The van der Waals surface area contributed by atoms with E-state index >= 15 is 0 Å². The van der Waals surface area contributed by atoms with Gasteiger partial charge in [0.25, 0.3) is 5.91 Å². The average Bonchev–Trinajstić information content (AvgIpc) is 2.41. The second-order valence-electron chi connectivity index (χ2n) is 3.42. The van der Waals surface area contributed by atoms with Gasteiger partial charge in [-0.05, 0) is 6.92 Å². The van der Waals surface area contributed by atoms with Crippen LogP contribution in [-0.4, -0.2) is 45.9 Å². The second-order valence-corrected chi connectivity index (χ2v) is 3.42. The van der Waals surface area contributed by atoms with Crippen molar-refractivity contribution in [3.05, 3.63) is 11.4 Å². The van der Waals surface area contributed by atoms with Crippen molar-refractivity contribution in [3.63, 3.8) is 0 Å². The fraction of sp³-hybridized carbons (Fsp3) is 0.556. The van der Waals surface area contributed by atoms with Crippen LogP contribution < -0.4 is 5.73 Å². The minimum atomic E-state index is -0.232. The molecule has 0 unspecified atom stereocenters. The summed E-state index contributed by atoms with van der Waals surface area (Å²) in [4.78, 5) is 13.3. The standard InChI is InChI=1S/C9H16N4O2/c1-6-7(10)8(13(3)11-6)9(15)12(2)4-5-14/h14H,4-5,10H2,1-3H3. The lowest BCUT2D eigenvalue weighted by molar-refractivity contribution is 0.0757. The number of aromatic nitrogens is 2. The topological polar surface area (TPSA) is 84.4 Å². The van der Waals surface area contributed by atoms with E-state index in [9.17, 15) is 4.79 Å². The predicted molar refractivity (Wildman–Crippen MR) is 56.4 cm³/mol. The summed E-state index contributed by atoms with van der Waals surface area (Å²) in [6.45, 7) is 1.96. The molecule has 0 atom stereocenters. The molecule has 0 fully saturated rings. The first-order chi connectivity index (χ1) is 6.99. The van der Waals surface area contributed by atoms with Gasteiger partial charge in [0.2, 0.25) is 0 Å².